The van der Waals surface area contributed by atoms with Crippen LogP contribution in [0.3, 0.4) is 0 Å². The van der Waals surface area contributed by atoms with Crippen LogP contribution in [-0.4, -0.2) is 39.9 Å². The molecule has 146 valence electrons. The molecule has 0 bridgehead atoms. The lowest BCUT2D eigenvalue weighted by molar-refractivity contribution is 0.164. The number of benzene rings is 1. The molecule has 1 aromatic carbocycles. The van der Waals surface area contributed by atoms with Gasteiger partial charge in [-0.25, -0.2) is 9.78 Å². The van der Waals surface area contributed by atoms with Crippen molar-refractivity contribution in [1.82, 2.24) is 19.6 Å². The third kappa shape index (κ3) is 4.51. The Morgan fingerprint density at radius 1 is 1.21 bits per heavy atom. The van der Waals surface area contributed by atoms with E-state index in [1.165, 1.54) is 11.3 Å². The smallest absolute Gasteiger partial charge is 0.319 e. The van der Waals surface area contributed by atoms with Crippen LogP contribution in [0.2, 0.25) is 0 Å². The molecule has 1 atom stereocenters. The van der Waals surface area contributed by atoms with Crippen LogP contribution in [0, 0.1) is 12.8 Å². The predicted octanol–water partition coefficient (Wildman–Crippen LogP) is 3.68. The van der Waals surface area contributed by atoms with Gasteiger partial charge in [-0.2, -0.15) is 0 Å². The molecule has 0 aliphatic carbocycles. The van der Waals surface area contributed by atoms with E-state index in [2.05, 4.69) is 31.1 Å². The molecule has 2 aromatic heterocycles. The number of rotatable bonds is 5. The monoisotopic (exact) mass is 377 g/mol. The molecule has 0 saturated carbocycles. The summed E-state index contributed by atoms with van der Waals surface area (Å²) in [6.07, 6.45) is 6.33. The highest BCUT2D eigenvalue weighted by Crippen LogP contribution is 2.19. The largest absolute Gasteiger partial charge is 0.338 e. The second-order valence-corrected chi connectivity index (χ2v) is 7.62. The second-order valence-electron chi connectivity index (χ2n) is 7.62. The van der Waals surface area contributed by atoms with Crippen LogP contribution in [0.25, 0.3) is 5.65 Å². The van der Waals surface area contributed by atoms with Crippen molar-refractivity contribution in [1.29, 1.82) is 0 Å². The molecule has 1 unspecified atom stereocenters. The Morgan fingerprint density at radius 3 is 2.93 bits per heavy atom. The number of aryl methyl sites for hydroxylation is 1. The zero-order chi connectivity index (χ0) is 19.3. The molecule has 0 spiro atoms. The fraction of sp³-hybridized carbons (Fsp3) is 0.364. The van der Waals surface area contributed by atoms with E-state index in [1.54, 1.807) is 0 Å². The number of imidazole rings is 1. The van der Waals surface area contributed by atoms with Crippen molar-refractivity contribution in [2.45, 2.75) is 26.3 Å². The molecule has 1 fully saturated rings. The van der Waals surface area contributed by atoms with Crippen LogP contribution in [-0.2, 0) is 6.54 Å². The number of aromatic nitrogens is 2. The average molecular weight is 377 g/mol. The minimum absolute atomic E-state index is 0.136. The Balaban J connectivity index is 1.28. The quantitative estimate of drug-likeness (QED) is 0.713. The molecule has 28 heavy (non-hydrogen) atoms. The lowest BCUT2D eigenvalue weighted by Crippen LogP contribution is -2.41. The van der Waals surface area contributed by atoms with E-state index in [1.807, 2.05) is 55.6 Å². The summed E-state index contributed by atoms with van der Waals surface area (Å²) < 4.78 is 2.15. The van der Waals surface area contributed by atoms with Gasteiger partial charge in [0.15, 0.2) is 0 Å². The van der Waals surface area contributed by atoms with Crippen molar-refractivity contribution >= 4 is 17.4 Å². The maximum absolute atomic E-state index is 12.2. The minimum atomic E-state index is -0.136. The van der Waals surface area contributed by atoms with E-state index in [0.717, 1.165) is 43.8 Å². The first-order valence-electron chi connectivity index (χ1n) is 9.92. The molecule has 6 nitrogen and oxygen atoms in total. The molecule has 1 saturated heterocycles. The maximum Gasteiger partial charge on any atom is 0.319 e. The Labute approximate surface area is 165 Å². The van der Waals surface area contributed by atoms with Crippen molar-refractivity contribution < 1.29 is 4.79 Å². The third-order valence-electron chi connectivity index (χ3n) is 5.34. The number of urea groups is 1. The molecule has 2 amide bonds. The maximum atomic E-state index is 12.2. The number of anilines is 1. The number of piperidine rings is 1. The van der Waals surface area contributed by atoms with Gasteiger partial charge in [0, 0.05) is 31.5 Å². The minimum Gasteiger partial charge on any atom is -0.338 e. The van der Waals surface area contributed by atoms with Gasteiger partial charge in [0.1, 0.15) is 5.65 Å². The van der Waals surface area contributed by atoms with Crippen LogP contribution in [0.5, 0.6) is 0 Å². The summed E-state index contributed by atoms with van der Waals surface area (Å²) in [4.78, 5) is 19.1. The summed E-state index contributed by atoms with van der Waals surface area (Å²) >= 11 is 0. The highest BCUT2D eigenvalue weighted by atomic mass is 16.2. The number of nitrogens with one attached hydrogen (secondary N) is 2. The fourth-order valence-corrected chi connectivity index (χ4v) is 3.84. The first-order valence-corrected chi connectivity index (χ1v) is 9.92. The molecule has 2 N–H and O–H groups in total. The van der Waals surface area contributed by atoms with Crippen molar-refractivity contribution in [2.24, 2.45) is 5.92 Å². The fourth-order valence-electron chi connectivity index (χ4n) is 3.84. The van der Waals surface area contributed by atoms with Crippen LogP contribution in [0.4, 0.5) is 10.5 Å². The van der Waals surface area contributed by atoms with Crippen molar-refractivity contribution in [3.63, 3.8) is 0 Å². The predicted molar refractivity (Wildman–Crippen MR) is 111 cm³/mol. The topological polar surface area (TPSA) is 61.7 Å². The van der Waals surface area contributed by atoms with Gasteiger partial charge in [-0.05, 0) is 56.5 Å². The Kier molecular flexibility index (Phi) is 5.58. The van der Waals surface area contributed by atoms with Gasteiger partial charge in [-0.3, -0.25) is 4.90 Å². The van der Waals surface area contributed by atoms with Gasteiger partial charge >= 0.3 is 6.03 Å². The molecule has 3 aromatic rings. The van der Waals surface area contributed by atoms with E-state index >= 15 is 0 Å². The van der Waals surface area contributed by atoms with Crippen molar-refractivity contribution in [3.8, 4) is 0 Å². The Hall–Kier alpha value is -2.86. The van der Waals surface area contributed by atoms with Crippen molar-refractivity contribution in [2.75, 3.05) is 25.0 Å². The lowest BCUT2D eigenvalue weighted by atomic mass is 9.98. The number of amides is 2. The first kappa shape index (κ1) is 18.5. The number of pyridine rings is 1. The molecule has 6 heteroatoms. The number of fused-ring (bicyclic) bond motifs is 1. The van der Waals surface area contributed by atoms with E-state index in [4.69, 9.17) is 0 Å². The summed E-state index contributed by atoms with van der Waals surface area (Å²) in [6, 6.07) is 13.8. The highest BCUT2D eigenvalue weighted by molar-refractivity contribution is 5.89. The second kappa shape index (κ2) is 8.44. The van der Waals surface area contributed by atoms with Gasteiger partial charge in [-0.1, -0.05) is 23.8 Å². The SMILES string of the molecule is Cc1ccc(NC(=O)NCC2CCCN(Cc3cnc4ccccn34)C2)cc1. The van der Waals surface area contributed by atoms with E-state index in [9.17, 15) is 4.79 Å². The third-order valence-corrected chi connectivity index (χ3v) is 5.34. The van der Waals surface area contributed by atoms with Gasteiger partial charge in [0.05, 0.1) is 11.9 Å². The zero-order valence-electron chi connectivity index (χ0n) is 16.3. The van der Waals surface area contributed by atoms with Crippen LogP contribution >= 0.6 is 0 Å². The van der Waals surface area contributed by atoms with E-state index < -0.39 is 0 Å². The highest BCUT2D eigenvalue weighted by Gasteiger charge is 2.21. The standard InChI is InChI=1S/C22H27N5O/c1-17-7-9-19(10-8-17)25-22(28)24-13-18-5-4-11-26(15-18)16-20-14-23-21-6-2-3-12-27(20)21/h2-3,6-10,12,14,18H,4-5,11,13,15-16H2,1H3,(H2,24,25,28). The summed E-state index contributed by atoms with van der Waals surface area (Å²) in [7, 11) is 0. The summed E-state index contributed by atoms with van der Waals surface area (Å²) in [5, 5.41) is 5.93. The summed E-state index contributed by atoms with van der Waals surface area (Å²) in [5.74, 6) is 0.469. The van der Waals surface area contributed by atoms with Crippen molar-refractivity contribution in [3.05, 3.63) is 66.1 Å². The number of nitrogens with zero attached hydrogens (tertiary/aromatic N) is 3. The van der Waals surface area contributed by atoms with E-state index in [0.29, 0.717) is 12.5 Å². The van der Waals surface area contributed by atoms with Crippen LogP contribution in [0.1, 0.15) is 24.1 Å². The number of likely N-dealkylation sites (tertiary alicyclic amines) is 1. The zero-order valence-corrected chi connectivity index (χ0v) is 16.3. The Bertz CT molecular complexity index is 934. The summed E-state index contributed by atoms with van der Waals surface area (Å²) in [5.41, 5.74) is 4.20. The molecule has 0 radical (unpaired) electrons. The Morgan fingerprint density at radius 2 is 2.07 bits per heavy atom. The normalized spacial score (nSPS) is 17.5. The molecular formula is C22H27N5O. The van der Waals surface area contributed by atoms with Gasteiger partial charge in [0.25, 0.3) is 0 Å². The van der Waals surface area contributed by atoms with Gasteiger partial charge in [-0.15, -0.1) is 0 Å². The van der Waals surface area contributed by atoms with Gasteiger partial charge in [0.2, 0.25) is 0 Å². The lowest BCUT2D eigenvalue weighted by Gasteiger charge is -2.32. The molecule has 4 rings (SSSR count). The number of carbonyl (C=O) groups excluding carboxylic acids is 1. The van der Waals surface area contributed by atoms with Crippen LogP contribution in [0.15, 0.2) is 54.9 Å². The molecule has 3 heterocycles. The summed E-state index contributed by atoms with van der Waals surface area (Å²) in [6.45, 7) is 5.70. The number of hydrogen-bond donors (Lipinski definition) is 2. The molecule has 1 aliphatic heterocycles. The van der Waals surface area contributed by atoms with Gasteiger partial charge < -0.3 is 15.0 Å². The number of hydrogen-bond acceptors (Lipinski definition) is 3. The van der Waals surface area contributed by atoms with E-state index in [-0.39, 0.29) is 6.03 Å². The molecule has 1 aliphatic rings. The molecular weight excluding hydrogens is 350 g/mol. The average Bonchev–Trinajstić information content (AvgIpc) is 3.11. The number of carbonyl (C=O) groups is 1. The van der Waals surface area contributed by atoms with Crippen LogP contribution < -0.4 is 10.6 Å². The first-order chi connectivity index (χ1) is 13.7.